The van der Waals surface area contributed by atoms with Crippen LogP contribution in [0.3, 0.4) is 0 Å². The first-order valence-electron chi connectivity index (χ1n) is 6.77. The van der Waals surface area contributed by atoms with Gasteiger partial charge < -0.3 is 15.4 Å². The van der Waals surface area contributed by atoms with E-state index in [2.05, 4.69) is 17.6 Å². The van der Waals surface area contributed by atoms with Gasteiger partial charge in [-0.3, -0.25) is 4.79 Å². The number of hydrogen-bond donors (Lipinski definition) is 2. The predicted octanol–water partition coefficient (Wildman–Crippen LogP) is 1.06. The molecule has 2 aliphatic rings. The SMILES string of the molecule is CC1(NC(=O)CCC2CCNC2)CCOCC1. The zero-order chi connectivity index (χ0) is 12.1. The molecule has 98 valence electrons. The van der Waals surface area contributed by atoms with E-state index in [1.165, 1.54) is 6.42 Å². The minimum absolute atomic E-state index is 0.0384. The van der Waals surface area contributed by atoms with E-state index in [1.807, 2.05) is 0 Å². The molecule has 0 aromatic carbocycles. The number of rotatable bonds is 4. The Morgan fingerprint density at radius 2 is 2.24 bits per heavy atom. The Balaban J connectivity index is 1.68. The minimum atomic E-state index is -0.0384. The van der Waals surface area contributed by atoms with Crippen LogP contribution in [-0.4, -0.2) is 37.7 Å². The molecule has 2 N–H and O–H groups in total. The van der Waals surface area contributed by atoms with Crippen LogP contribution >= 0.6 is 0 Å². The van der Waals surface area contributed by atoms with Crippen molar-refractivity contribution in [2.24, 2.45) is 5.92 Å². The highest BCUT2D eigenvalue weighted by Gasteiger charge is 2.29. The van der Waals surface area contributed by atoms with E-state index < -0.39 is 0 Å². The number of carbonyl (C=O) groups is 1. The summed E-state index contributed by atoms with van der Waals surface area (Å²) in [6.07, 6.45) is 4.78. The maximum atomic E-state index is 11.9. The van der Waals surface area contributed by atoms with Gasteiger partial charge in [-0.15, -0.1) is 0 Å². The minimum Gasteiger partial charge on any atom is -0.381 e. The Hall–Kier alpha value is -0.610. The van der Waals surface area contributed by atoms with Crippen LogP contribution in [0.1, 0.15) is 39.0 Å². The third kappa shape index (κ3) is 3.96. The highest BCUT2D eigenvalue weighted by molar-refractivity contribution is 5.76. The first-order chi connectivity index (χ1) is 8.18. The van der Waals surface area contributed by atoms with Gasteiger partial charge in [0.05, 0.1) is 0 Å². The fourth-order valence-electron chi connectivity index (χ4n) is 2.64. The Labute approximate surface area is 103 Å². The van der Waals surface area contributed by atoms with Crippen LogP contribution in [-0.2, 0) is 9.53 Å². The van der Waals surface area contributed by atoms with E-state index in [1.54, 1.807) is 0 Å². The molecule has 0 bridgehead atoms. The molecule has 2 fully saturated rings. The van der Waals surface area contributed by atoms with Crippen molar-refractivity contribution in [3.63, 3.8) is 0 Å². The van der Waals surface area contributed by atoms with Gasteiger partial charge in [0.2, 0.25) is 5.91 Å². The summed E-state index contributed by atoms with van der Waals surface area (Å²) >= 11 is 0. The maximum absolute atomic E-state index is 11.9. The summed E-state index contributed by atoms with van der Waals surface area (Å²) < 4.78 is 5.33. The fraction of sp³-hybridized carbons (Fsp3) is 0.923. The number of hydrogen-bond acceptors (Lipinski definition) is 3. The smallest absolute Gasteiger partial charge is 0.220 e. The van der Waals surface area contributed by atoms with Gasteiger partial charge in [-0.25, -0.2) is 0 Å². The Morgan fingerprint density at radius 3 is 2.88 bits per heavy atom. The third-order valence-corrected chi connectivity index (χ3v) is 3.98. The molecule has 2 rings (SSSR count). The first kappa shape index (κ1) is 12.8. The molecule has 1 unspecified atom stereocenters. The summed E-state index contributed by atoms with van der Waals surface area (Å²) in [5.41, 5.74) is -0.0384. The molecule has 0 aliphatic carbocycles. The summed E-state index contributed by atoms with van der Waals surface area (Å²) in [4.78, 5) is 11.9. The zero-order valence-electron chi connectivity index (χ0n) is 10.8. The lowest BCUT2D eigenvalue weighted by Gasteiger charge is -2.34. The predicted molar refractivity (Wildman–Crippen MR) is 66.8 cm³/mol. The average Bonchev–Trinajstić information content (AvgIpc) is 2.79. The van der Waals surface area contributed by atoms with Crippen LogP contribution in [0, 0.1) is 5.92 Å². The van der Waals surface area contributed by atoms with Crippen molar-refractivity contribution in [1.29, 1.82) is 0 Å². The van der Waals surface area contributed by atoms with Gasteiger partial charge in [0.15, 0.2) is 0 Å². The second-order valence-electron chi connectivity index (χ2n) is 5.62. The van der Waals surface area contributed by atoms with E-state index in [0.717, 1.165) is 45.6 Å². The van der Waals surface area contributed by atoms with Crippen LogP contribution in [0.15, 0.2) is 0 Å². The van der Waals surface area contributed by atoms with Gasteiger partial charge >= 0.3 is 0 Å². The molecule has 4 nitrogen and oxygen atoms in total. The topological polar surface area (TPSA) is 50.4 Å². The number of amides is 1. The maximum Gasteiger partial charge on any atom is 0.220 e. The van der Waals surface area contributed by atoms with Crippen molar-refractivity contribution in [2.75, 3.05) is 26.3 Å². The largest absolute Gasteiger partial charge is 0.381 e. The van der Waals surface area contributed by atoms with E-state index >= 15 is 0 Å². The molecular weight excluding hydrogens is 216 g/mol. The number of ether oxygens (including phenoxy) is 1. The van der Waals surface area contributed by atoms with Gasteiger partial charge in [0.25, 0.3) is 0 Å². The van der Waals surface area contributed by atoms with Crippen molar-refractivity contribution in [2.45, 2.75) is 44.6 Å². The van der Waals surface area contributed by atoms with Crippen molar-refractivity contribution >= 4 is 5.91 Å². The van der Waals surface area contributed by atoms with E-state index in [9.17, 15) is 4.79 Å². The van der Waals surface area contributed by atoms with Crippen LogP contribution in [0.4, 0.5) is 0 Å². The average molecular weight is 240 g/mol. The summed E-state index contributed by atoms with van der Waals surface area (Å²) in [5, 5.41) is 6.52. The lowest BCUT2D eigenvalue weighted by atomic mass is 9.92. The second-order valence-corrected chi connectivity index (χ2v) is 5.62. The molecule has 0 aromatic rings. The molecule has 1 amide bonds. The molecule has 0 radical (unpaired) electrons. The Kier molecular flexibility index (Phi) is 4.40. The highest BCUT2D eigenvalue weighted by atomic mass is 16.5. The molecule has 17 heavy (non-hydrogen) atoms. The van der Waals surface area contributed by atoms with E-state index in [4.69, 9.17) is 4.74 Å². The van der Waals surface area contributed by atoms with Crippen LogP contribution in [0.2, 0.25) is 0 Å². The zero-order valence-corrected chi connectivity index (χ0v) is 10.8. The van der Waals surface area contributed by atoms with E-state index in [0.29, 0.717) is 12.3 Å². The molecule has 0 spiro atoms. The molecule has 2 heterocycles. The van der Waals surface area contributed by atoms with Gasteiger partial charge in [-0.1, -0.05) is 0 Å². The van der Waals surface area contributed by atoms with Crippen LogP contribution in [0.25, 0.3) is 0 Å². The lowest BCUT2D eigenvalue weighted by molar-refractivity contribution is -0.124. The molecule has 0 saturated carbocycles. The molecule has 0 aromatic heterocycles. The quantitative estimate of drug-likeness (QED) is 0.772. The first-order valence-corrected chi connectivity index (χ1v) is 6.77. The van der Waals surface area contributed by atoms with Crippen molar-refractivity contribution in [3.8, 4) is 0 Å². The highest BCUT2D eigenvalue weighted by Crippen LogP contribution is 2.20. The Bertz CT molecular complexity index is 256. The van der Waals surface area contributed by atoms with Gasteiger partial charge in [0, 0.05) is 25.2 Å². The third-order valence-electron chi connectivity index (χ3n) is 3.98. The summed E-state index contributed by atoms with van der Waals surface area (Å²) in [6.45, 7) is 5.86. The summed E-state index contributed by atoms with van der Waals surface area (Å²) in [7, 11) is 0. The summed E-state index contributed by atoms with van der Waals surface area (Å²) in [5.74, 6) is 0.907. The molecule has 2 saturated heterocycles. The fourth-order valence-corrected chi connectivity index (χ4v) is 2.64. The number of nitrogens with one attached hydrogen (secondary N) is 2. The molecule has 4 heteroatoms. The number of carbonyl (C=O) groups excluding carboxylic acids is 1. The molecule has 1 atom stereocenters. The lowest BCUT2D eigenvalue weighted by Crippen LogP contribution is -2.49. The van der Waals surface area contributed by atoms with Crippen molar-refractivity contribution in [3.05, 3.63) is 0 Å². The van der Waals surface area contributed by atoms with Gasteiger partial charge in [-0.05, 0) is 51.6 Å². The standard InChI is InChI=1S/C13H24N2O2/c1-13(5-8-17-9-6-13)15-12(16)3-2-11-4-7-14-10-11/h11,14H,2-10H2,1H3,(H,15,16). The normalized spacial score (nSPS) is 27.9. The molecule has 2 aliphatic heterocycles. The van der Waals surface area contributed by atoms with Crippen LogP contribution < -0.4 is 10.6 Å². The summed E-state index contributed by atoms with van der Waals surface area (Å²) in [6, 6.07) is 0. The van der Waals surface area contributed by atoms with Gasteiger partial charge in [0.1, 0.15) is 0 Å². The van der Waals surface area contributed by atoms with Crippen molar-refractivity contribution < 1.29 is 9.53 Å². The van der Waals surface area contributed by atoms with Crippen LogP contribution in [0.5, 0.6) is 0 Å². The monoisotopic (exact) mass is 240 g/mol. The second kappa shape index (κ2) is 5.83. The van der Waals surface area contributed by atoms with E-state index in [-0.39, 0.29) is 11.4 Å². The molecular formula is C13H24N2O2. The van der Waals surface area contributed by atoms with Crippen molar-refractivity contribution in [1.82, 2.24) is 10.6 Å². The Morgan fingerprint density at radius 1 is 1.47 bits per heavy atom. The van der Waals surface area contributed by atoms with Gasteiger partial charge in [-0.2, -0.15) is 0 Å².